The number of benzene rings is 1. The standard InChI is InChI=1S/C14H18N4O/c1-9-7-19-10(2)6-18(9)14-12-4-3-11(15)5-13(12)16-8-17-14/h3-5,8-10H,6-7,15H2,1-2H3. The fourth-order valence-corrected chi connectivity index (χ4v) is 2.49. The first-order valence-electron chi connectivity index (χ1n) is 6.53. The maximum absolute atomic E-state index is 5.81. The van der Waals surface area contributed by atoms with Gasteiger partial charge in [0, 0.05) is 17.6 Å². The molecular weight excluding hydrogens is 240 g/mol. The number of nitrogens with two attached hydrogens (primary N) is 1. The average molecular weight is 258 g/mol. The molecule has 0 aliphatic carbocycles. The van der Waals surface area contributed by atoms with Gasteiger partial charge < -0.3 is 15.4 Å². The molecule has 0 saturated carbocycles. The van der Waals surface area contributed by atoms with Crippen molar-refractivity contribution in [2.75, 3.05) is 23.8 Å². The third-order valence-corrected chi connectivity index (χ3v) is 3.52. The summed E-state index contributed by atoms with van der Waals surface area (Å²) in [6.45, 7) is 5.80. The van der Waals surface area contributed by atoms with Crippen LogP contribution in [0.2, 0.25) is 0 Å². The van der Waals surface area contributed by atoms with Crippen molar-refractivity contribution >= 4 is 22.4 Å². The van der Waals surface area contributed by atoms with E-state index in [1.54, 1.807) is 6.33 Å². The Hall–Kier alpha value is -1.88. The van der Waals surface area contributed by atoms with Crippen molar-refractivity contribution in [3.63, 3.8) is 0 Å². The largest absolute Gasteiger partial charge is 0.399 e. The Morgan fingerprint density at radius 2 is 2.16 bits per heavy atom. The van der Waals surface area contributed by atoms with Gasteiger partial charge in [-0.1, -0.05) is 0 Å². The van der Waals surface area contributed by atoms with Gasteiger partial charge in [0.15, 0.2) is 0 Å². The number of nitrogens with zero attached hydrogens (tertiary/aromatic N) is 3. The Morgan fingerprint density at radius 3 is 3.00 bits per heavy atom. The summed E-state index contributed by atoms with van der Waals surface area (Å²) >= 11 is 0. The van der Waals surface area contributed by atoms with Crippen molar-refractivity contribution in [2.45, 2.75) is 26.0 Å². The van der Waals surface area contributed by atoms with Gasteiger partial charge in [0.2, 0.25) is 0 Å². The lowest BCUT2D eigenvalue weighted by atomic mass is 10.1. The van der Waals surface area contributed by atoms with Crippen LogP contribution >= 0.6 is 0 Å². The molecule has 1 fully saturated rings. The molecule has 0 amide bonds. The molecular formula is C14H18N4O. The third-order valence-electron chi connectivity index (χ3n) is 3.52. The first kappa shape index (κ1) is 12.2. The topological polar surface area (TPSA) is 64.3 Å². The summed E-state index contributed by atoms with van der Waals surface area (Å²) in [5, 5.41) is 1.04. The molecule has 1 aliphatic rings. The first-order chi connectivity index (χ1) is 9.15. The van der Waals surface area contributed by atoms with Crippen LogP contribution in [0.5, 0.6) is 0 Å². The highest BCUT2D eigenvalue weighted by molar-refractivity contribution is 5.91. The molecule has 2 aromatic rings. The third kappa shape index (κ3) is 2.21. The fraction of sp³-hybridized carbons (Fsp3) is 0.429. The van der Waals surface area contributed by atoms with Crippen LogP contribution in [0.15, 0.2) is 24.5 Å². The second kappa shape index (κ2) is 4.66. The molecule has 5 nitrogen and oxygen atoms in total. The van der Waals surface area contributed by atoms with Crippen molar-refractivity contribution in [1.82, 2.24) is 9.97 Å². The van der Waals surface area contributed by atoms with Gasteiger partial charge in [-0.15, -0.1) is 0 Å². The van der Waals surface area contributed by atoms with Crippen LogP contribution in [0.4, 0.5) is 11.5 Å². The smallest absolute Gasteiger partial charge is 0.140 e. The van der Waals surface area contributed by atoms with Crippen LogP contribution in [-0.4, -0.2) is 35.3 Å². The molecule has 2 heterocycles. The number of rotatable bonds is 1. The van der Waals surface area contributed by atoms with E-state index in [4.69, 9.17) is 10.5 Å². The highest BCUT2D eigenvalue weighted by Gasteiger charge is 2.25. The van der Waals surface area contributed by atoms with Crippen LogP contribution in [0, 0.1) is 0 Å². The Morgan fingerprint density at radius 1 is 1.32 bits per heavy atom. The maximum Gasteiger partial charge on any atom is 0.140 e. The summed E-state index contributed by atoms with van der Waals surface area (Å²) in [5.74, 6) is 0.965. The van der Waals surface area contributed by atoms with Gasteiger partial charge in [-0.3, -0.25) is 0 Å². The highest BCUT2D eigenvalue weighted by Crippen LogP contribution is 2.27. The zero-order chi connectivity index (χ0) is 13.4. The summed E-state index contributed by atoms with van der Waals surface area (Å²) in [6, 6.07) is 6.08. The van der Waals surface area contributed by atoms with E-state index in [2.05, 4.69) is 28.7 Å². The van der Waals surface area contributed by atoms with Gasteiger partial charge in [0.25, 0.3) is 0 Å². The first-order valence-corrected chi connectivity index (χ1v) is 6.53. The van der Waals surface area contributed by atoms with Crippen LogP contribution in [0.25, 0.3) is 10.9 Å². The molecule has 3 rings (SSSR count). The van der Waals surface area contributed by atoms with Crippen LogP contribution in [-0.2, 0) is 4.74 Å². The van der Waals surface area contributed by atoms with E-state index in [0.29, 0.717) is 6.04 Å². The minimum atomic E-state index is 0.218. The van der Waals surface area contributed by atoms with E-state index in [-0.39, 0.29) is 6.10 Å². The Balaban J connectivity index is 2.09. The number of hydrogen-bond acceptors (Lipinski definition) is 5. The molecule has 2 N–H and O–H groups in total. The summed E-state index contributed by atoms with van der Waals surface area (Å²) in [4.78, 5) is 11.0. The van der Waals surface area contributed by atoms with Crippen molar-refractivity contribution in [3.05, 3.63) is 24.5 Å². The molecule has 1 aromatic carbocycles. The number of fused-ring (bicyclic) bond motifs is 1. The van der Waals surface area contributed by atoms with Gasteiger partial charge >= 0.3 is 0 Å². The second-order valence-electron chi connectivity index (χ2n) is 5.12. The number of aromatic nitrogens is 2. The van der Waals surface area contributed by atoms with Crippen molar-refractivity contribution in [2.24, 2.45) is 0 Å². The summed E-state index contributed by atoms with van der Waals surface area (Å²) < 4.78 is 5.67. The maximum atomic E-state index is 5.81. The monoisotopic (exact) mass is 258 g/mol. The normalized spacial score (nSPS) is 23.8. The molecule has 19 heavy (non-hydrogen) atoms. The van der Waals surface area contributed by atoms with Gasteiger partial charge in [-0.25, -0.2) is 9.97 Å². The van der Waals surface area contributed by atoms with Crippen LogP contribution in [0.1, 0.15) is 13.8 Å². The summed E-state index contributed by atoms with van der Waals surface area (Å²) in [5.41, 5.74) is 7.42. The predicted octanol–water partition coefficient (Wildman–Crippen LogP) is 1.83. The van der Waals surface area contributed by atoms with E-state index in [0.717, 1.165) is 35.6 Å². The number of morpholine rings is 1. The van der Waals surface area contributed by atoms with E-state index < -0.39 is 0 Å². The van der Waals surface area contributed by atoms with Crippen molar-refractivity contribution < 1.29 is 4.74 Å². The van der Waals surface area contributed by atoms with E-state index in [9.17, 15) is 0 Å². The fourth-order valence-electron chi connectivity index (χ4n) is 2.49. The molecule has 0 radical (unpaired) electrons. The quantitative estimate of drug-likeness (QED) is 0.790. The van der Waals surface area contributed by atoms with Gasteiger partial charge in [-0.05, 0) is 32.0 Å². The lowest BCUT2D eigenvalue weighted by Crippen LogP contribution is -2.47. The molecule has 5 heteroatoms. The molecule has 0 spiro atoms. The second-order valence-corrected chi connectivity index (χ2v) is 5.12. The SMILES string of the molecule is CC1CN(c2ncnc3cc(N)ccc23)C(C)CO1. The van der Waals surface area contributed by atoms with Crippen molar-refractivity contribution in [3.8, 4) is 0 Å². The zero-order valence-electron chi connectivity index (χ0n) is 11.2. The Bertz CT molecular complexity index is 601. The Labute approximate surface area is 112 Å². The zero-order valence-corrected chi connectivity index (χ0v) is 11.2. The molecule has 100 valence electrons. The van der Waals surface area contributed by atoms with E-state index in [1.165, 1.54) is 0 Å². The van der Waals surface area contributed by atoms with Gasteiger partial charge in [0.1, 0.15) is 12.1 Å². The number of hydrogen-bond donors (Lipinski definition) is 1. The van der Waals surface area contributed by atoms with Gasteiger partial charge in [0.05, 0.1) is 24.3 Å². The average Bonchev–Trinajstić information content (AvgIpc) is 2.40. The number of anilines is 2. The van der Waals surface area contributed by atoms with E-state index in [1.807, 2.05) is 18.2 Å². The molecule has 1 aliphatic heterocycles. The van der Waals surface area contributed by atoms with Crippen LogP contribution < -0.4 is 10.6 Å². The van der Waals surface area contributed by atoms with Gasteiger partial charge in [-0.2, -0.15) is 0 Å². The lowest BCUT2D eigenvalue weighted by molar-refractivity contribution is 0.0341. The minimum Gasteiger partial charge on any atom is -0.399 e. The lowest BCUT2D eigenvalue weighted by Gasteiger charge is -2.38. The molecule has 1 saturated heterocycles. The highest BCUT2D eigenvalue weighted by atomic mass is 16.5. The molecule has 0 bridgehead atoms. The number of ether oxygens (including phenoxy) is 1. The molecule has 2 atom stereocenters. The van der Waals surface area contributed by atoms with Crippen LogP contribution in [0.3, 0.4) is 0 Å². The van der Waals surface area contributed by atoms with E-state index >= 15 is 0 Å². The molecule has 2 unspecified atom stereocenters. The molecule has 1 aromatic heterocycles. The Kier molecular flexibility index (Phi) is 2.98. The minimum absolute atomic E-state index is 0.218. The number of nitrogen functional groups attached to an aromatic ring is 1. The van der Waals surface area contributed by atoms with Crippen molar-refractivity contribution in [1.29, 1.82) is 0 Å². The predicted molar refractivity (Wildman–Crippen MR) is 76.2 cm³/mol. The summed E-state index contributed by atoms with van der Waals surface area (Å²) in [7, 11) is 0. The summed E-state index contributed by atoms with van der Waals surface area (Å²) in [6.07, 6.45) is 1.82.